The zero-order valence-corrected chi connectivity index (χ0v) is 13.9. The highest BCUT2D eigenvalue weighted by atomic mass is 32.1. The van der Waals surface area contributed by atoms with Gasteiger partial charge in [-0.3, -0.25) is 0 Å². The van der Waals surface area contributed by atoms with Gasteiger partial charge >= 0.3 is 5.97 Å². The first-order chi connectivity index (χ1) is 11.2. The third-order valence-corrected chi connectivity index (χ3v) is 4.37. The Hall–Kier alpha value is -1.70. The third-order valence-electron chi connectivity index (χ3n) is 3.47. The summed E-state index contributed by atoms with van der Waals surface area (Å²) in [4.78, 5) is 16.2. The number of ether oxygens (including phenoxy) is 4. The van der Waals surface area contributed by atoms with Crippen LogP contribution >= 0.6 is 11.3 Å². The minimum atomic E-state index is -0.431. The summed E-state index contributed by atoms with van der Waals surface area (Å²) < 4.78 is 22.9. The SMILES string of the molecule is CCOC(=O)c1ccc2nc(O[C@H]3OCC[C@H]3OCC)sc2c1. The number of esters is 1. The second-order valence-corrected chi connectivity index (χ2v) is 6.02. The van der Waals surface area contributed by atoms with Crippen molar-refractivity contribution >= 4 is 27.5 Å². The van der Waals surface area contributed by atoms with Crippen molar-refractivity contribution in [3.05, 3.63) is 23.8 Å². The smallest absolute Gasteiger partial charge is 0.338 e. The van der Waals surface area contributed by atoms with Crippen LogP contribution in [0.25, 0.3) is 10.2 Å². The first-order valence-corrected chi connectivity index (χ1v) is 8.50. The van der Waals surface area contributed by atoms with E-state index in [1.807, 2.05) is 6.92 Å². The number of rotatable bonds is 6. The summed E-state index contributed by atoms with van der Waals surface area (Å²) in [5.74, 6) is -0.333. The Bertz CT molecular complexity index is 686. The van der Waals surface area contributed by atoms with E-state index in [9.17, 15) is 4.79 Å². The van der Waals surface area contributed by atoms with Crippen LogP contribution < -0.4 is 4.74 Å². The van der Waals surface area contributed by atoms with Gasteiger partial charge in [0.1, 0.15) is 6.10 Å². The van der Waals surface area contributed by atoms with Gasteiger partial charge in [-0.1, -0.05) is 11.3 Å². The van der Waals surface area contributed by atoms with E-state index in [0.717, 1.165) is 16.6 Å². The Morgan fingerprint density at radius 1 is 1.39 bits per heavy atom. The van der Waals surface area contributed by atoms with Crippen LogP contribution in [0.4, 0.5) is 0 Å². The predicted molar refractivity (Wildman–Crippen MR) is 86.0 cm³/mol. The molecule has 3 rings (SSSR count). The standard InChI is InChI=1S/C16H19NO5S/c1-3-19-12-7-8-21-15(12)22-16-17-11-6-5-10(9-13(11)23-16)14(18)20-4-2/h5-6,9,12,15H,3-4,7-8H2,1-2H3/t12-,15-/m1/s1. The van der Waals surface area contributed by atoms with Crippen LogP contribution in [-0.2, 0) is 14.2 Å². The summed E-state index contributed by atoms with van der Waals surface area (Å²) in [5.41, 5.74) is 1.29. The van der Waals surface area contributed by atoms with Gasteiger partial charge in [0.2, 0.25) is 6.29 Å². The molecule has 0 aliphatic carbocycles. The number of carbonyl (C=O) groups is 1. The van der Waals surface area contributed by atoms with Gasteiger partial charge < -0.3 is 18.9 Å². The van der Waals surface area contributed by atoms with Gasteiger partial charge in [-0.25, -0.2) is 9.78 Å². The van der Waals surface area contributed by atoms with E-state index < -0.39 is 6.29 Å². The Labute approximate surface area is 138 Å². The highest BCUT2D eigenvalue weighted by Crippen LogP contribution is 2.31. The molecule has 2 aromatic rings. The molecule has 1 aliphatic rings. The summed E-state index contributed by atoms with van der Waals surface area (Å²) in [6.45, 7) is 5.32. The molecule has 0 unspecified atom stereocenters. The van der Waals surface area contributed by atoms with E-state index in [1.165, 1.54) is 11.3 Å². The Morgan fingerprint density at radius 2 is 2.26 bits per heavy atom. The highest BCUT2D eigenvalue weighted by Gasteiger charge is 2.31. The van der Waals surface area contributed by atoms with Crippen LogP contribution in [0.1, 0.15) is 30.6 Å². The summed E-state index contributed by atoms with van der Waals surface area (Å²) in [5, 5.41) is 0.512. The molecule has 0 radical (unpaired) electrons. The fourth-order valence-electron chi connectivity index (χ4n) is 2.42. The number of fused-ring (bicyclic) bond motifs is 1. The van der Waals surface area contributed by atoms with Gasteiger partial charge in [0.25, 0.3) is 5.19 Å². The summed E-state index contributed by atoms with van der Waals surface area (Å²) >= 11 is 1.38. The molecule has 0 bridgehead atoms. The van der Waals surface area contributed by atoms with E-state index in [2.05, 4.69) is 4.98 Å². The average Bonchev–Trinajstić information content (AvgIpc) is 3.14. The zero-order chi connectivity index (χ0) is 16.2. The molecular weight excluding hydrogens is 318 g/mol. The van der Waals surface area contributed by atoms with Gasteiger partial charge in [-0.05, 0) is 32.0 Å². The maximum atomic E-state index is 11.8. The quantitative estimate of drug-likeness (QED) is 0.755. The molecule has 0 spiro atoms. The lowest BCUT2D eigenvalue weighted by Gasteiger charge is -2.17. The molecule has 1 saturated heterocycles. The van der Waals surface area contributed by atoms with Crippen LogP contribution in [0.3, 0.4) is 0 Å². The molecule has 0 amide bonds. The van der Waals surface area contributed by atoms with Gasteiger partial charge in [0.05, 0.1) is 29.0 Å². The van der Waals surface area contributed by atoms with Gasteiger partial charge in [0.15, 0.2) is 0 Å². The van der Waals surface area contributed by atoms with E-state index >= 15 is 0 Å². The molecule has 2 atom stereocenters. The van der Waals surface area contributed by atoms with E-state index in [1.54, 1.807) is 25.1 Å². The van der Waals surface area contributed by atoms with Crippen molar-refractivity contribution in [2.75, 3.05) is 19.8 Å². The van der Waals surface area contributed by atoms with Crippen LogP contribution in [0.5, 0.6) is 5.19 Å². The number of carbonyl (C=O) groups excluding carboxylic acids is 1. The fraction of sp³-hybridized carbons (Fsp3) is 0.500. The summed E-state index contributed by atoms with van der Waals surface area (Å²) in [7, 11) is 0. The molecule has 2 heterocycles. The van der Waals surface area contributed by atoms with Crippen LogP contribution in [0, 0.1) is 0 Å². The van der Waals surface area contributed by atoms with Gasteiger partial charge in [-0.15, -0.1) is 0 Å². The number of thiazole rings is 1. The first kappa shape index (κ1) is 16.2. The minimum Gasteiger partial charge on any atom is -0.462 e. The molecule has 23 heavy (non-hydrogen) atoms. The highest BCUT2D eigenvalue weighted by molar-refractivity contribution is 7.20. The zero-order valence-electron chi connectivity index (χ0n) is 13.1. The predicted octanol–water partition coefficient (Wildman–Crippen LogP) is 3.00. The molecular formula is C16H19NO5S. The lowest BCUT2D eigenvalue weighted by Crippen LogP contribution is -2.29. The largest absolute Gasteiger partial charge is 0.462 e. The lowest BCUT2D eigenvalue weighted by atomic mass is 10.2. The molecule has 0 N–H and O–H groups in total. The normalized spacial score (nSPS) is 20.8. The van der Waals surface area contributed by atoms with Crippen LogP contribution in [0.2, 0.25) is 0 Å². The monoisotopic (exact) mass is 337 g/mol. The molecule has 7 heteroatoms. The number of benzene rings is 1. The number of hydrogen-bond acceptors (Lipinski definition) is 7. The van der Waals surface area contributed by atoms with Crippen LogP contribution in [-0.4, -0.2) is 43.2 Å². The van der Waals surface area contributed by atoms with Crippen molar-refractivity contribution in [1.29, 1.82) is 0 Å². The molecule has 1 aromatic heterocycles. The first-order valence-electron chi connectivity index (χ1n) is 7.68. The lowest BCUT2D eigenvalue weighted by molar-refractivity contribution is -0.109. The molecule has 6 nitrogen and oxygen atoms in total. The Balaban J connectivity index is 1.76. The minimum absolute atomic E-state index is 0.0675. The molecule has 124 valence electrons. The Kier molecular flexibility index (Phi) is 5.09. The molecule has 1 aliphatic heterocycles. The summed E-state index contributed by atoms with van der Waals surface area (Å²) in [6.07, 6.45) is 0.318. The molecule has 1 fully saturated rings. The van der Waals surface area contributed by atoms with E-state index in [-0.39, 0.29) is 12.1 Å². The van der Waals surface area contributed by atoms with Crippen molar-refractivity contribution < 1.29 is 23.7 Å². The Morgan fingerprint density at radius 3 is 3.04 bits per heavy atom. The topological polar surface area (TPSA) is 66.9 Å². The van der Waals surface area contributed by atoms with Gasteiger partial charge in [-0.2, -0.15) is 0 Å². The van der Waals surface area contributed by atoms with Crippen LogP contribution in [0.15, 0.2) is 18.2 Å². The number of nitrogens with zero attached hydrogens (tertiary/aromatic N) is 1. The second-order valence-electron chi connectivity index (χ2n) is 5.02. The fourth-order valence-corrected chi connectivity index (χ4v) is 3.30. The second kappa shape index (κ2) is 7.25. The average molecular weight is 337 g/mol. The van der Waals surface area contributed by atoms with Crippen molar-refractivity contribution in [2.45, 2.75) is 32.7 Å². The van der Waals surface area contributed by atoms with Crippen molar-refractivity contribution in [1.82, 2.24) is 4.98 Å². The van der Waals surface area contributed by atoms with Crippen molar-refractivity contribution in [3.63, 3.8) is 0 Å². The van der Waals surface area contributed by atoms with Crippen molar-refractivity contribution in [3.8, 4) is 5.19 Å². The third kappa shape index (κ3) is 3.63. The maximum absolute atomic E-state index is 11.8. The van der Waals surface area contributed by atoms with Gasteiger partial charge in [0, 0.05) is 13.0 Å². The number of hydrogen-bond donors (Lipinski definition) is 0. The maximum Gasteiger partial charge on any atom is 0.338 e. The van der Waals surface area contributed by atoms with E-state index in [0.29, 0.717) is 30.6 Å². The molecule has 1 aromatic carbocycles. The number of aromatic nitrogens is 1. The van der Waals surface area contributed by atoms with E-state index in [4.69, 9.17) is 18.9 Å². The molecule has 0 saturated carbocycles. The summed E-state index contributed by atoms with van der Waals surface area (Å²) in [6, 6.07) is 5.27. The van der Waals surface area contributed by atoms with Crippen molar-refractivity contribution in [2.24, 2.45) is 0 Å².